The van der Waals surface area contributed by atoms with Crippen LogP contribution in [0, 0.1) is 0 Å². The van der Waals surface area contributed by atoms with E-state index in [1.165, 1.54) is 46.8 Å². The summed E-state index contributed by atoms with van der Waals surface area (Å²) in [6.07, 6.45) is 7.85. The molecular weight excluding hydrogens is 428 g/mol. The van der Waals surface area contributed by atoms with Crippen LogP contribution in [0.1, 0.15) is 55.2 Å². The average molecular weight is 453 g/mol. The van der Waals surface area contributed by atoms with E-state index in [1.807, 2.05) is 12.1 Å². The number of hydrogen-bond acceptors (Lipinski definition) is 7. The van der Waals surface area contributed by atoms with Crippen molar-refractivity contribution in [2.45, 2.75) is 57.0 Å². The average Bonchev–Trinajstić information content (AvgIpc) is 3.43. The number of thiophene rings is 1. The molecule has 0 aliphatic heterocycles. The summed E-state index contributed by atoms with van der Waals surface area (Å²) in [4.78, 5) is 27.6. The quantitative estimate of drug-likeness (QED) is 0.318. The predicted octanol–water partition coefficient (Wildman–Crippen LogP) is 5.24. The first-order valence-corrected chi connectivity index (χ1v) is 12.4. The number of carbonyl (C=O) groups is 1. The van der Waals surface area contributed by atoms with Gasteiger partial charge in [-0.05, 0) is 54.9 Å². The first-order chi connectivity index (χ1) is 15.1. The molecule has 0 atom stereocenters. The molecule has 1 aliphatic carbocycles. The minimum absolute atomic E-state index is 0.0492. The number of fused-ring (bicyclic) bond motifs is 5. The number of carbonyl (C=O) groups excluding carboxylic acids is 1. The third-order valence-electron chi connectivity index (χ3n) is 5.65. The number of thioether (sulfide) groups is 1. The Labute approximate surface area is 188 Å². The summed E-state index contributed by atoms with van der Waals surface area (Å²) < 4.78 is 6.29. The molecule has 0 fully saturated rings. The van der Waals surface area contributed by atoms with Crippen LogP contribution < -0.4 is 5.32 Å². The molecule has 5 rings (SSSR count). The van der Waals surface area contributed by atoms with Gasteiger partial charge in [-0.2, -0.15) is 0 Å². The van der Waals surface area contributed by atoms with Crippen LogP contribution in [0.5, 0.6) is 0 Å². The molecule has 4 aromatic heterocycles. The molecule has 0 radical (unpaired) electrons. The number of aryl methyl sites for hydroxylation is 1. The second-order valence-corrected chi connectivity index (χ2v) is 10.1. The van der Waals surface area contributed by atoms with Gasteiger partial charge in [-0.1, -0.05) is 25.6 Å². The molecule has 0 bridgehead atoms. The number of aromatic nitrogens is 3. The smallest absolute Gasteiger partial charge is 0.230 e. The van der Waals surface area contributed by atoms with E-state index >= 15 is 0 Å². The standard InChI is InChI=1S/C23H24N4O2S2/c1-13(2)19-16-8-4-3-7-15(16)18-20-21(31-22(18)27-19)23(26-12-25-20)30-11-17(28)24-10-14-6-5-9-29-14/h5-6,9,12-13H,3-4,7-8,10-11H2,1-2H3,(H,24,28). The highest BCUT2D eigenvalue weighted by molar-refractivity contribution is 8.00. The van der Waals surface area contributed by atoms with Crippen LogP contribution in [-0.4, -0.2) is 26.6 Å². The Hall–Kier alpha value is -2.45. The molecule has 1 aliphatic rings. The summed E-state index contributed by atoms with van der Waals surface area (Å²) >= 11 is 3.10. The SMILES string of the molecule is CC(C)c1nc2sc3c(SCC(=O)NCc4ccco4)ncnc3c2c2c1CCCC2. The Balaban J connectivity index is 1.46. The molecule has 6 nitrogen and oxygen atoms in total. The summed E-state index contributed by atoms with van der Waals surface area (Å²) in [6, 6.07) is 3.66. The van der Waals surface area contributed by atoms with E-state index in [0.29, 0.717) is 18.2 Å². The van der Waals surface area contributed by atoms with E-state index in [4.69, 9.17) is 9.40 Å². The van der Waals surface area contributed by atoms with Crippen molar-refractivity contribution in [2.24, 2.45) is 0 Å². The van der Waals surface area contributed by atoms with E-state index in [2.05, 4.69) is 29.1 Å². The molecule has 160 valence electrons. The minimum Gasteiger partial charge on any atom is -0.467 e. The highest BCUT2D eigenvalue weighted by Gasteiger charge is 2.24. The van der Waals surface area contributed by atoms with E-state index in [-0.39, 0.29) is 5.91 Å². The molecule has 0 saturated heterocycles. The number of furan rings is 1. The zero-order chi connectivity index (χ0) is 21.4. The van der Waals surface area contributed by atoms with Crippen LogP contribution in [0.2, 0.25) is 0 Å². The Morgan fingerprint density at radius 1 is 1.26 bits per heavy atom. The van der Waals surface area contributed by atoms with Crippen molar-refractivity contribution in [3.8, 4) is 0 Å². The molecule has 1 N–H and O–H groups in total. The molecule has 4 aromatic rings. The first-order valence-electron chi connectivity index (χ1n) is 10.6. The highest BCUT2D eigenvalue weighted by Crippen LogP contribution is 2.42. The van der Waals surface area contributed by atoms with E-state index < -0.39 is 0 Å². The Bertz CT molecular complexity index is 1250. The second kappa shape index (κ2) is 8.59. The van der Waals surface area contributed by atoms with Crippen molar-refractivity contribution in [3.05, 3.63) is 47.3 Å². The highest BCUT2D eigenvalue weighted by atomic mass is 32.2. The zero-order valence-electron chi connectivity index (χ0n) is 17.6. The maximum Gasteiger partial charge on any atom is 0.230 e. The van der Waals surface area contributed by atoms with Gasteiger partial charge in [-0.3, -0.25) is 4.79 Å². The van der Waals surface area contributed by atoms with Crippen LogP contribution >= 0.6 is 23.1 Å². The van der Waals surface area contributed by atoms with Crippen molar-refractivity contribution in [1.82, 2.24) is 20.3 Å². The van der Waals surface area contributed by atoms with Crippen LogP contribution in [0.25, 0.3) is 20.4 Å². The van der Waals surface area contributed by atoms with Gasteiger partial charge >= 0.3 is 0 Å². The molecule has 4 heterocycles. The van der Waals surface area contributed by atoms with Crippen LogP contribution in [0.4, 0.5) is 0 Å². The first kappa shape index (κ1) is 20.5. The van der Waals surface area contributed by atoms with Gasteiger partial charge in [0.25, 0.3) is 0 Å². The van der Waals surface area contributed by atoms with Gasteiger partial charge in [0.15, 0.2) is 0 Å². The number of hydrogen-bond donors (Lipinski definition) is 1. The van der Waals surface area contributed by atoms with Crippen molar-refractivity contribution >= 4 is 49.4 Å². The van der Waals surface area contributed by atoms with Crippen molar-refractivity contribution < 1.29 is 9.21 Å². The molecule has 1 amide bonds. The Morgan fingerprint density at radius 3 is 2.87 bits per heavy atom. The fourth-order valence-electron chi connectivity index (χ4n) is 4.23. The molecule has 0 unspecified atom stereocenters. The number of nitrogens with one attached hydrogen (secondary N) is 1. The number of pyridine rings is 1. The lowest BCUT2D eigenvalue weighted by molar-refractivity contribution is -0.118. The third-order valence-corrected chi connectivity index (χ3v) is 7.85. The molecule has 0 aromatic carbocycles. The molecule has 31 heavy (non-hydrogen) atoms. The molecule has 0 saturated carbocycles. The van der Waals surface area contributed by atoms with Gasteiger partial charge in [0.2, 0.25) is 5.91 Å². The third kappa shape index (κ3) is 3.94. The Kier molecular flexibility index (Phi) is 5.67. The lowest BCUT2D eigenvalue weighted by atomic mass is 9.86. The summed E-state index contributed by atoms with van der Waals surface area (Å²) in [7, 11) is 0. The molecule has 0 spiro atoms. The van der Waals surface area contributed by atoms with Gasteiger partial charge in [-0.25, -0.2) is 15.0 Å². The van der Waals surface area contributed by atoms with Crippen molar-refractivity contribution in [3.63, 3.8) is 0 Å². The van der Waals surface area contributed by atoms with E-state index in [9.17, 15) is 4.79 Å². The summed E-state index contributed by atoms with van der Waals surface area (Å²) in [6.45, 7) is 4.83. The van der Waals surface area contributed by atoms with Gasteiger partial charge in [0.1, 0.15) is 21.9 Å². The maximum atomic E-state index is 12.3. The maximum absolute atomic E-state index is 12.3. The van der Waals surface area contributed by atoms with Gasteiger partial charge < -0.3 is 9.73 Å². The largest absolute Gasteiger partial charge is 0.467 e. The Morgan fingerprint density at radius 2 is 2.10 bits per heavy atom. The normalized spacial score (nSPS) is 13.8. The van der Waals surface area contributed by atoms with E-state index in [0.717, 1.165) is 38.7 Å². The monoisotopic (exact) mass is 452 g/mol. The second-order valence-electron chi connectivity index (χ2n) is 8.10. The molecular formula is C23H24N4O2S2. The van der Waals surface area contributed by atoms with Gasteiger partial charge in [-0.15, -0.1) is 11.3 Å². The zero-order valence-corrected chi connectivity index (χ0v) is 19.2. The van der Waals surface area contributed by atoms with Crippen molar-refractivity contribution in [1.29, 1.82) is 0 Å². The fraction of sp³-hybridized carbons (Fsp3) is 0.391. The summed E-state index contributed by atoms with van der Waals surface area (Å²) in [5.74, 6) is 1.39. The van der Waals surface area contributed by atoms with Crippen LogP contribution in [0.3, 0.4) is 0 Å². The number of amides is 1. The predicted molar refractivity (Wildman–Crippen MR) is 125 cm³/mol. The summed E-state index contributed by atoms with van der Waals surface area (Å²) in [5.41, 5.74) is 5.07. The van der Waals surface area contributed by atoms with Gasteiger partial charge in [0.05, 0.1) is 28.8 Å². The number of rotatable bonds is 6. The van der Waals surface area contributed by atoms with Gasteiger partial charge in [0, 0.05) is 11.1 Å². The van der Waals surface area contributed by atoms with Crippen molar-refractivity contribution in [2.75, 3.05) is 5.75 Å². The van der Waals surface area contributed by atoms with Crippen LogP contribution in [0.15, 0.2) is 34.2 Å². The minimum atomic E-state index is -0.0492. The lowest BCUT2D eigenvalue weighted by Gasteiger charge is -2.21. The fourth-order valence-corrected chi connectivity index (χ4v) is 6.30. The number of nitrogens with zero attached hydrogens (tertiary/aromatic N) is 3. The van der Waals surface area contributed by atoms with E-state index in [1.54, 1.807) is 23.9 Å². The topological polar surface area (TPSA) is 80.9 Å². The summed E-state index contributed by atoms with van der Waals surface area (Å²) in [5, 5.41) is 4.93. The lowest BCUT2D eigenvalue weighted by Crippen LogP contribution is -2.24. The van der Waals surface area contributed by atoms with Crippen LogP contribution in [-0.2, 0) is 24.2 Å². The molecule has 8 heteroatoms.